The number of benzene rings is 1. The van der Waals surface area contributed by atoms with E-state index in [-0.39, 0.29) is 17.1 Å². The zero-order valence-corrected chi connectivity index (χ0v) is 27.9. The number of fused-ring (bicyclic) bond motifs is 1. The molecule has 3 N–H and O–H groups in total. The van der Waals surface area contributed by atoms with Crippen LogP contribution in [0.25, 0.3) is 5.57 Å². The third-order valence-corrected chi connectivity index (χ3v) is 7.93. The Morgan fingerprint density at radius 2 is 1.86 bits per heavy atom. The van der Waals surface area contributed by atoms with Crippen LogP contribution in [0.3, 0.4) is 0 Å². The van der Waals surface area contributed by atoms with Crippen molar-refractivity contribution in [1.82, 2.24) is 10.6 Å². The minimum absolute atomic E-state index is 0.0723. The van der Waals surface area contributed by atoms with Crippen molar-refractivity contribution in [2.45, 2.75) is 119 Å². The molecular formula is C35H51FN2O5. The first-order valence-electron chi connectivity index (χ1n) is 15.4. The third kappa shape index (κ3) is 8.08. The molecule has 238 valence electrons. The van der Waals surface area contributed by atoms with Gasteiger partial charge in [-0.1, -0.05) is 27.7 Å². The van der Waals surface area contributed by atoms with Crippen LogP contribution in [0, 0.1) is 18.2 Å². The van der Waals surface area contributed by atoms with E-state index in [2.05, 4.69) is 31.4 Å². The number of ether oxygens (including phenoxy) is 2. The van der Waals surface area contributed by atoms with Crippen LogP contribution < -0.4 is 15.4 Å². The Kier molecular flexibility index (Phi) is 10.3. The lowest BCUT2D eigenvalue weighted by molar-refractivity contribution is -0.156. The van der Waals surface area contributed by atoms with E-state index in [1.54, 1.807) is 0 Å². The molecule has 0 unspecified atom stereocenters. The standard InChI is InChI=1S/C35H51FN2O5/c1-12-22(31(39)37-16-15-33(4,5)6)18-25-21(3)38-35(10,11)28(30(32(40)41)43-34(7,8)9)27(25)24-19-26(36)29-23(20(24)2)14-13-17-42-29/h18-19,30,38H,12-17H2,1-11H3,(H,37,39)(H,40,41)/b22-18+/t30-/m0/s1. The Balaban J connectivity index is 2.37. The van der Waals surface area contributed by atoms with Crippen molar-refractivity contribution in [3.8, 4) is 5.75 Å². The van der Waals surface area contributed by atoms with Crippen molar-refractivity contribution in [3.63, 3.8) is 0 Å². The molecule has 0 saturated carbocycles. The number of amides is 1. The minimum Gasteiger partial charge on any atom is -0.490 e. The van der Waals surface area contributed by atoms with E-state index >= 15 is 4.39 Å². The molecule has 1 aromatic carbocycles. The molecule has 3 rings (SSSR count). The van der Waals surface area contributed by atoms with E-state index in [9.17, 15) is 14.7 Å². The summed E-state index contributed by atoms with van der Waals surface area (Å²) in [6, 6.07) is 1.45. The Bertz CT molecular complexity index is 1360. The third-order valence-electron chi connectivity index (χ3n) is 7.93. The van der Waals surface area contributed by atoms with Crippen molar-refractivity contribution in [2.24, 2.45) is 5.41 Å². The van der Waals surface area contributed by atoms with Gasteiger partial charge in [0.1, 0.15) is 0 Å². The van der Waals surface area contributed by atoms with Crippen LogP contribution >= 0.6 is 0 Å². The van der Waals surface area contributed by atoms with Crippen LogP contribution in [0.5, 0.6) is 5.75 Å². The first-order valence-corrected chi connectivity index (χ1v) is 15.4. The number of nitrogens with one attached hydrogen (secondary N) is 2. The monoisotopic (exact) mass is 598 g/mol. The number of hydrogen-bond donors (Lipinski definition) is 3. The predicted molar refractivity (Wildman–Crippen MR) is 170 cm³/mol. The summed E-state index contributed by atoms with van der Waals surface area (Å²) in [6.45, 7) is 22.4. The van der Waals surface area contributed by atoms with E-state index in [4.69, 9.17) is 9.47 Å². The summed E-state index contributed by atoms with van der Waals surface area (Å²) in [4.78, 5) is 26.3. The maximum atomic E-state index is 15.7. The molecule has 0 spiro atoms. The van der Waals surface area contributed by atoms with Gasteiger partial charge in [0.15, 0.2) is 17.7 Å². The molecule has 0 saturated heterocycles. The Hall–Kier alpha value is -3.13. The summed E-state index contributed by atoms with van der Waals surface area (Å²) < 4.78 is 27.7. The van der Waals surface area contributed by atoms with Crippen molar-refractivity contribution >= 4 is 17.4 Å². The number of hydrogen-bond acceptors (Lipinski definition) is 5. The van der Waals surface area contributed by atoms with Gasteiger partial charge in [-0.05, 0) is 108 Å². The van der Waals surface area contributed by atoms with Crippen molar-refractivity contribution in [1.29, 1.82) is 0 Å². The Morgan fingerprint density at radius 3 is 2.42 bits per heavy atom. The largest absolute Gasteiger partial charge is 0.490 e. The lowest BCUT2D eigenvalue weighted by Crippen LogP contribution is -2.51. The van der Waals surface area contributed by atoms with Crippen molar-refractivity contribution < 1.29 is 28.6 Å². The molecular weight excluding hydrogens is 547 g/mol. The number of aliphatic carboxylic acids is 1. The number of carbonyl (C=O) groups is 2. The van der Waals surface area contributed by atoms with Gasteiger partial charge in [0.25, 0.3) is 0 Å². The highest BCUT2D eigenvalue weighted by Gasteiger charge is 2.43. The molecule has 8 heteroatoms. The van der Waals surface area contributed by atoms with Gasteiger partial charge in [-0.3, -0.25) is 4.79 Å². The fraction of sp³-hybridized carbons (Fsp3) is 0.600. The minimum atomic E-state index is -1.34. The fourth-order valence-corrected chi connectivity index (χ4v) is 5.85. The molecule has 1 amide bonds. The Labute approximate surface area is 257 Å². The molecule has 2 heterocycles. The highest BCUT2D eigenvalue weighted by molar-refractivity contribution is 5.98. The summed E-state index contributed by atoms with van der Waals surface area (Å²) in [5.41, 5.74) is 3.57. The lowest BCUT2D eigenvalue weighted by atomic mass is 9.74. The number of dihydropyridines is 1. The summed E-state index contributed by atoms with van der Waals surface area (Å²) in [6.07, 6.45) is 3.18. The first kappa shape index (κ1) is 34.4. The van der Waals surface area contributed by atoms with Crippen LogP contribution in [0.15, 0.2) is 34.6 Å². The van der Waals surface area contributed by atoms with E-state index in [0.29, 0.717) is 53.8 Å². The molecule has 0 bridgehead atoms. The number of carbonyl (C=O) groups excluding carboxylic acids is 1. The SMILES string of the molecule is CC/C(=C\C1=C(C)NC(C)(C)C([C@H](OC(C)(C)C)C(=O)O)=C1c1cc(F)c2c(c1C)CCCO2)C(=O)NCCC(C)(C)C. The maximum Gasteiger partial charge on any atom is 0.337 e. The summed E-state index contributed by atoms with van der Waals surface area (Å²) >= 11 is 0. The van der Waals surface area contributed by atoms with Gasteiger partial charge in [0.05, 0.1) is 17.7 Å². The van der Waals surface area contributed by atoms with Gasteiger partial charge in [0, 0.05) is 34.5 Å². The van der Waals surface area contributed by atoms with Crippen LogP contribution in [-0.4, -0.2) is 47.4 Å². The van der Waals surface area contributed by atoms with E-state index in [1.165, 1.54) is 6.07 Å². The highest BCUT2D eigenvalue weighted by Crippen LogP contribution is 2.45. The van der Waals surface area contributed by atoms with Gasteiger partial charge in [-0.15, -0.1) is 0 Å². The molecule has 43 heavy (non-hydrogen) atoms. The summed E-state index contributed by atoms with van der Waals surface area (Å²) in [5.74, 6) is -1.55. The maximum absolute atomic E-state index is 15.7. The zero-order chi connectivity index (χ0) is 32.5. The van der Waals surface area contributed by atoms with Gasteiger partial charge in [-0.2, -0.15) is 0 Å². The molecule has 1 aromatic rings. The molecule has 0 fully saturated rings. The van der Waals surface area contributed by atoms with Gasteiger partial charge in [0.2, 0.25) is 5.91 Å². The average molecular weight is 599 g/mol. The topological polar surface area (TPSA) is 96.9 Å². The molecule has 2 aliphatic rings. The van der Waals surface area contributed by atoms with Crippen LogP contribution in [-0.2, 0) is 20.7 Å². The van der Waals surface area contributed by atoms with Crippen molar-refractivity contribution in [3.05, 3.63) is 57.1 Å². The lowest BCUT2D eigenvalue weighted by Gasteiger charge is -2.42. The highest BCUT2D eigenvalue weighted by atomic mass is 19.1. The number of carboxylic acids is 1. The normalized spacial score (nSPS) is 18.1. The van der Waals surface area contributed by atoms with E-state index < -0.39 is 29.0 Å². The molecule has 0 aliphatic carbocycles. The Morgan fingerprint density at radius 1 is 1.21 bits per heavy atom. The first-order chi connectivity index (χ1) is 19.8. The molecule has 2 aliphatic heterocycles. The summed E-state index contributed by atoms with van der Waals surface area (Å²) in [5, 5.41) is 17.1. The molecule has 0 aromatic heterocycles. The summed E-state index contributed by atoms with van der Waals surface area (Å²) in [7, 11) is 0. The predicted octanol–water partition coefficient (Wildman–Crippen LogP) is 7.03. The fourth-order valence-electron chi connectivity index (χ4n) is 5.85. The number of allylic oxidation sites excluding steroid dienone is 4. The van der Waals surface area contributed by atoms with E-state index in [0.717, 1.165) is 29.7 Å². The second-order valence-corrected chi connectivity index (χ2v) is 14.4. The van der Waals surface area contributed by atoms with E-state index in [1.807, 2.05) is 61.5 Å². The molecule has 1 atom stereocenters. The van der Waals surface area contributed by atoms with Gasteiger partial charge < -0.3 is 25.2 Å². The number of carboxylic acid groups (broad SMARTS) is 1. The van der Waals surface area contributed by atoms with Gasteiger partial charge in [-0.25, -0.2) is 9.18 Å². The zero-order valence-electron chi connectivity index (χ0n) is 27.9. The van der Waals surface area contributed by atoms with Crippen LogP contribution in [0.4, 0.5) is 4.39 Å². The second-order valence-electron chi connectivity index (χ2n) is 14.4. The quantitative estimate of drug-likeness (QED) is 0.264. The average Bonchev–Trinajstić information content (AvgIpc) is 2.87. The van der Waals surface area contributed by atoms with Crippen LogP contribution in [0.2, 0.25) is 0 Å². The van der Waals surface area contributed by atoms with Gasteiger partial charge >= 0.3 is 5.97 Å². The smallest absolute Gasteiger partial charge is 0.337 e. The number of halogens is 1. The van der Waals surface area contributed by atoms with Crippen molar-refractivity contribution in [2.75, 3.05) is 13.2 Å². The van der Waals surface area contributed by atoms with Crippen LogP contribution in [0.1, 0.15) is 105 Å². The molecule has 0 radical (unpaired) electrons. The number of rotatable bonds is 9. The molecule has 7 nitrogen and oxygen atoms in total. The second kappa shape index (κ2) is 12.8.